The number of fused-ring (bicyclic) bond motifs is 1. The van der Waals surface area contributed by atoms with Gasteiger partial charge in [0, 0.05) is 37.4 Å². The summed E-state index contributed by atoms with van der Waals surface area (Å²) in [5.74, 6) is 0.605. The maximum Gasteiger partial charge on any atom is 0.138 e. The van der Waals surface area contributed by atoms with Crippen molar-refractivity contribution in [2.24, 2.45) is 5.92 Å². The summed E-state index contributed by atoms with van der Waals surface area (Å²) in [6.45, 7) is 18.6. The predicted molar refractivity (Wildman–Crippen MR) is 143 cm³/mol. The third kappa shape index (κ3) is 12.4. The van der Waals surface area contributed by atoms with E-state index in [1.165, 1.54) is 5.57 Å². The zero-order valence-corrected chi connectivity index (χ0v) is 20.8. The van der Waals surface area contributed by atoms with Gasteiger partial charge in [0.1, 0.15) is 5.65 Å². The molecule has 2 aromatic heterocycles. The van der Waals surface area contributed by atoms with Gasteiger partial charge < -0.3 is 10.3 Å². The second-order valence-corrected chi connectivity index (χ2v) is 7.42. The first kappa shape index (κ1) is 29.6. The Morgan fingerprint density at radius 1 is 1.25 bits per heavy atom. The summed E-state index contributed by atoms with van der Waals surface area (Å²) in [5.41, 5.74) is 9.64. The SMILES string of the molecule is C=C.C=CCNNCC(C)CC(/C=C\C=C/C)=C/C.CNCc1cnc2[nH]cc(Cl)c2c1. The van der Waals surface area contributed by atoms with Gasteiger partial charge in [0.25, 0.3) is 0 Å². The van der Waals surface area contributed by atoms with Gasteiger partial charge in [-0.05, 0) is 44.9 Å². The monoisotopic (exact) mass is 457 g/mol. The third-order valence-electron chi connectivity index (χ3n) is 4.31. The van der Waals surface area contributed by atoms with Crippen LogP contribution in [0.25, 0.3) is 11.0 Å². The van der Waals surface area contributed by atoms with E-state index in [4.69, 9.17) is 11.6 Å². The molecule has 5 nitrogen and oxygen atoms in total. The van der Waals surface area contributed by atoms with E-state index in [0.717, 1.165) is 47.7 Å². The van der Waals surface area contributed by atoms with Crippen LogP contribution in [0.5, 0.6) is 0 Å². The molecule has 0 aliphatic heterocycles. The molecule has 0 amide bonds. The fourth-order valence-electron chi connectivity index (χ4n) is 2.75. The molecule has 0 spiro atoms. The first-order valence-electron chi connectivity index (χ1n) is 10.8. The smallest absolute Gasteiger partial charge is 0.138 e. The summed E-state index contributed by atoms with van der Waals surface area (Å²) in [6.07, 6.45) is 17.1. The summed E-state index contributed by atoms with van der Waals surface area (Å²) >= 11 is 5.95. The van der Waals surface area contributed by atoms with E-state index in [-0.39, 0.29) is 0 Å². The van der Waals surface area contributed by atoms with Gasteiger partial charge >= 0.3 is 0 Å². The molecule has 32 heavy (non-hydrogen) atoms. The highest BCUT2D eigenvalue weighted by molar-refractivity contribution is 6.35. The van der Waals surface area contributed by atoms with E-state index in [1.54, 1.807) is 6.20 Å². The molecule has 0 saturated heterocycles. The van der Waals surface area contributed by atoms with Gasteiger partial charge in [-0.1, -0.05) is 60.6 Å². The van der Waals surface area contributed by atoms with Crippen LogP contribution < -0.4 is 16.2 Å². The number of nitrogens with zero attached hydrogens (tertiary/aromatic N) is 1. The largest absolute Gasteiger partial charge is 0.345 e. The number of halogens is 1. The van der Waals surface area contributed by atoms with Crippen molar-refractivity contribution in [2.45, 2.75) is 33.7 Å². The van der Waals surface area contributed by atoms with Crippen molar-refractivity contribution in [3.8, 4) is 0 Å². The van der Waals surface area contributed by atoms with Crippen molar-refractivity contribution in [3.63, 3.8) is 0 Å². The average molecular weight is 458 g/mol. The van der Waals surface area contributed by atoms with E-state index in [0.29, 0.717) is 5.92 Å². The number of pyridine rings is 1. The van der Waals surface area contributed by atoms with Gasteiger partial charge in [-0.25, -0.2) is 4.98 Å². The number of H-pyrrole nitrogens is 1. The minimum Gasteiger partial charge on any atom is -0.345 e. The highest BCUT2D eigenvalue weighted by atomic mass is 35.5. The average Bonchev–Trinajstić information content (AvgIpc) is 3.18. The number of nitrogens with one attached hydrogen (secondary N) is 4. The molecular weight excluding hydrogens is 418 g/mol. The van der Waals surface area contributed by atoms with E-state index in [9.17, 15) is 0 Å². The third-order valence-corrected chi connectivity index (χ3v) is 4.62. The number of allylic oxidation sites excluding steroid dienone is 6. The number of aromatic nitrogens is 2. The Hall–Kier alpha value is -2.44. The molecule has 176 valence electrons. The lowest BCUT2D eigenvalue weighted by Crippen LogP contribution is -2.35. The van der Waals surface area contributed by atoms with Gasteiger partial charge in [-0.2, -0.15) is 0 Å². The molecule has 4 N–H and O–H groups in total. The van der Waals surface area contributed by atoms with Crippen molar-refractivity contribution in [3.05, 3.63) is 90.8 Å². The molecule has 2 heterocycles. The van der Waals surface area contributed by atoms with E-state index < -0.39 is 0 Å². The lowest BCUT2D eigenvalue weighted by molar-refractivity contribution is 0.463. The number of rotatable bonds is 11. The summed E-state index contributed by atoms with van der Waals surface area (Å²) < 4.78 is 0. The summed E-state index contributed by atoms with van der Waals surface area (Å²) in [5, 5.41) is 4.77. The molecule has 0 saturated carbocycles. The number of hydrazine groups is 1. The Balaban J connectivity index is 0.000000569. The van der Waals surface area contributed by atoms with E-state index in [2.05, 4.69) is 84.0 Å². The van der Waals surface area contributed by atoms with Gasteiger partial charge in [0.2, 0.25) is 0 Å². The topological polar surface area (TPSA) is 64.8 Å². The standard InChI is InChI=1S/C15H26N2.C9H10ClN3.C2H4/c1-5-8-9-10-15(7-3)12-14(4)13-17-16-11-6-2;1-11-3-6-2-7-8(10)5-13-9(7)12-4-6;1-2/h5-10,14,16-17H,2,11-13H2,1,3-4H3;2,4-5,11H,3H2,1H3,(H,12,13);1-2H2/b8-5-,10-9-,15-7+;;. The van der Waals surface area contributed by atoms with Gasteiger partial charge in [0.15, 0.2) is 0 Å². The maximum absolute atomic E-state index is 5.95. The van der Waals surface area contributed by atoms with Crippen LogP contribution in [-0.4, -0.2) is 30.1 Å². The molecule has 0 radical (unpaired) electrons. The second kappa shape index (κ2) is 19.3. The van der Waals surface area contributed by atoms with Crippen LogP contribution >= 0.6 is 11.6 Å². The Morgan fingerprint density at radius 3 is 2.62 bits per heavy atom. The van der Waals surface area contributed by atoms with Crippen LogP contribution in [0.1, 0.15) is 32.8 Å². The van der Waals surface area contributed by atoms with Crippen LogP contribution in [0, 0.1) is 5.92 Å². The lowest BCUT2D eigenvalue weighted by atomic mass is 10.0. The van der Waals surface area contributed by atoms with Crippen molar-refractivity contribution >= 4 is 22.6 Å². The molecule has 0 fully saturated rings. The van der Waals surface area contributed by atoms with Crippen molar-refractivity contribution in [2.75, 3.05) is 20.1 Å². The van der Waals surface area contributed by atoms with Crippen molar-refractivity contribution < 1.29 is 0 Å². The maximum atomic E-state index is 5.95. The molecule has 0 aliphatic carbocycles. The molecular formula is C26H40ClN5. The summed E-state index contributed by atoms with van der Waals surface area (Å²) in [7, 11) is 1.91. The molecule has 0 aliphatic rings. The Bertz CT molecular complexity index is 851. The van der Waals surface area contributed by atoms with E-state index >= 15 is 0 Å². The molecule has 2 aromatic rings. The normalized spacial score (nSPS) is 12.3. The van der Waals surface area contributed by atoms with Gasteiger partial charge in [-0.15, -0.1) is 19.7 Å². The molecule has 2 rings (SSSR count). The second-order valence-electron chi connectivity index (χ2n) is 7.01. The minimum atomic E-state index is 0.605. The predicted octanol–water partition coefficient (Wildman–Crippen LogP) is 6.11. The highest BCUT2D eigenvalue weighted by Gasteiger charge is 2.03. The first-order valence-corrected chi connectivity index (χ1v) is 11.2. The number of hydrogen-bond donors (Lipinski definition) is 4. The fraction of sp³-hybridized carbons (Fsp3) is 0.346. The number of aromatic amines is 1. The zero-order chi connectivity index (χ0) is 24.2. The van der Waals surface area contributed by atoms with Crippen LogP contribution in [-0.2, 0) is 6.54 Å². The van der Waals surface area contributed by atoms with E-state index in [1.807, 2.05) is 38.4 Å². The molecule has 0 bridgehead atoms. The van der Waals surface area contributed by atoms with Crippen molar-refractivity contribution in [1.29, 1.82) is 0 Å². The molecule has 1 atom stereocenters. The Morgan fingerprint density at radius 2 is 2.00 bits per heavy atom. The molecule has 6 heteroatoms. The Labute approximate surface area is 199 Å². The van der Waals surface area contributed by atoms with Crippen LogP contribution in [0.3, 0.4) is 0 Å². The lowest BCUT2D eigenvalue weighted by Gasteiger charge is -2.13. The highest BCUT2D eigenvalue weighted by Crippen LogP contribution is 2.21. The van der Waals surface area contributed by atoms with Crippen LogP contribution in [0.4, 0.5) is 0 Å². The van der Waals surface area contributed by atoms with Gasteiger partial charge in [0.05, 0.1) is 5.02 Å². The first-order chi connectivity index (χ1) is 15.5. The molecule has 1 unspecified atom stereocenters. The van der Waals surface area contributed by atoms with Gasteiger partial charge in [-0.3, -0.25) is 10.9 Å². The van der Waals surface area contributed by atoms with Crippen molar-refractivity contribution in [1.82, 2.24) is 26.1 Å². The number of hydrogen-bond acceptors (Lipinski definition) is 4. The van der Waals surface area contributed by atoms with Crippen LogP contribution in [0.2, 0.25) is 5.02 Å². The molecule has 0 aromatic carbocycles. The minimum absolute atomic E-state index is 0.605. The Kier molecular flexibility index (Phi) is 17.8. The fourth-order valence-corrected chi connectivity index (χ4v) is 2.95. The zero-order valence-electron chi connectivity index (χ0n) is 20.0. The summed E-state index contributed by atoms with van der Waals surface area (Å²) in [6, 6.07) is 2.04. The quantitative estimate of drug-likeness (QED) is 0.142. The summed E-state index contributed by atoms with van der Waals surface area (Å²) in [4.78, 5) is 7.23. The van der Waals surface area contributed by atoms with Crippen LogP contribution in [0.15, 0.2) is 80.2 Å².